The molecule has 0 bridgehead atoms. The maximum Gasteiger partial charge on any atom is 0.417 e. The highest BCUT2D eigenvalue weighted by molar-refractivity contribution is 6.68. The number of halogens is 5. The van der Waals surface area contributed by atoms with Crippen LogP contribution in [0.3, 0.4) is 0 Å². The second kappa shape index (κ2) is 4.29. The van der Waals surface area contributed by atoms with Crippen LogP contribution >= 0.6 is 11.6 Å². The van der Waals surface area contributed by atoms with Crippen LogP contribution in [0.1, 0.15) is 15.9 Å². The van der Waals surface area contributed by atoms with Crippen LogP contribution in [0.25, 0.3) is 0 Å². The fourth-order valence-corrected chi connectivity index (χ4v) is 1.33. The number of benzene rings is 1. The zero-order chi connectivity index (χ0) is 12.5. The van der Waals surface area contributed by atoms with E-state index in [9.17, 15) is 22.4 Å². The molecule has 1 aromatic carbocycles. The SMILES string of the molecule is COc1ccc(C(F)(F)F)c(C(=O)Cl)c1F. The lowest BCUT2D eigenvalue weighted by atomic mass is 10.1. The average molecular weight is 257 g/mol. The summed E-state index contributed by atoms with van der Waals surface area (Å²) in [4.78, 5) is 10.8. The molecule has 1 rings (SSSR count). The predicted octanol–water partition coefficient (Wildman–Crippen LogP) is 3.23. The Bertz CT molecular complexity index is 428. The van der Waals surface area contributed by atoms with E-state index >= 15 is 0 Å². The first-order valence-electron chi connectivity index (χ1n) is 3.92. The highest BCUT2D eigenvalue weighted by Crippen LogP contribution is 2.36. The molecule has 0 saturated carbocycles. The van der Waals surface area contributed by atoms with Gasteiger partial charge in [0.25, 0.3) is 5.24 Å². The van der Waals surface area contributed by atoms with Gasteiger partial charge in [0.05, 0.1) is 18.2 Å². The van der Waals surface area contributed by atoms with Gasteiger partial charge in [-0.15, -0.1) is 0 Å². The number of methoxy groups -OCH3 is 1. The summed E-state index contributed by atoms with van der Waals surface area (Å²) in [5.41, 5.74) is -2.65. The topological polar surface area (TPSA) is 26.3 Å². The summed E-state index contributed by atoms with van der Waals surface area (Å²) >= 11 is 4.91. The van der Waals surface area contributed by atoms with Crippen molar-refractivity contribution < 1.29 is 27.1 Å². The van der Waals surface area contributed by atoms with Gasteiger partial charge in [0, 0.05) is 0 Å². The van der Waals surface area contributed by atoms with Crippen LogP contribution in [0, 0.1) is 5.82 Å². The molecule has 0 N–H and O–H groups in total. The van der Waals surface area contributed by atoms with E-state index in [4.69, 9.17) is 11.6 Å². The van der Waals surface area contributed by atoms with Crippen molar-refractivity contribution in [2.24, 2.45) is 0 Å². The third-order valence-corrected chi connectivity index (χ3v) is 2.02. The number of ether oxygens (including phenoxy) is 1. The molecule has 16 heavy (non-hydrogen) atoms. The number of hydrogen-bond donors (Lipinski definition) is 0. The molecule has 0 spiro atoms. The minimum absolute atomic E-state index is 0.475. The molecule has 0 aliphatic heterocycles. The third-order valence-electron chi connectivity index (χ3n) is 1.83. The zero-order valence-electron chi connectivity index (χ0n) is 7.86. The van der Waals surface area contributed by atoms with Gasteiger partial charge < -0.3 is 4.74 Å². The van der Waals surface area contributed by atoms with E-state index in [1.54, 1.807) is 0 Å². The van der Waals surface area contributed by atoms with Crippen molar-refractivity contribution in [3.8, 4) is 5.75 Å². The minimum atomic E-state index is -4.85. The molecule has 2 nitrogen and oxygen atoms in total. The molecule has 1 aromatic rings. The number of hydrogen-bond acceptors (Lipinski definition) is 2. The third kappa shape index (κ3) is 2.27. The summed E-state index contributed by atoms with van der Waals surface area (Å²) < 4.78 is 55.1. The number of carbonyl (C=O) groups excluding carboxylic acids is 1. The van der Waals surface area contributed by atoms with Gasteiger partial charge in [-0.1, -0.05) is 0 Å². The molecular weight excluding hydrogens is 252 g/mol. The van der Waals surface area contributed by atoms with E-state index < -0.39 is 34.1 Å². The molecule has 88 valence electrons. The first-order chi connectivity index (χ1) is 7.29. The Morgan fingerprint density at radius 3 is 2.31 bits per heavy atom. The van der Waals surface area contributed by atoms with E-state index in [1.807, 2.05) is 0 Å². The van der Waals surface area contributed by atoms with Crippen molar-refractivity contribution in [2.75, 3.05) is 7.11 Å². The van der Waals surface area contributed by atoms with Crippen LogP contribution in [-0.4, -0.2) is 12.4 Å². The monoisotopic (exact) mass is 256 g/mol. The molecule has 0 aromatic heterocycles. The van der Waals surface area contributed by atoms with E-state index in [2.05, 4.69) is 4.74 Å². The van der Waals surface area contributed by atoms with Gasteiger partial charge in [0.1, 0.15) is 0 Å². The van der Waals surface area contributed by atoms with Crippen LogP contribution in [0.15, 0.2) is 12.1 Å². The summed E-state index contributed by atoms with van der Waals surface area (Å²) in [6, 6.07) is 1.32. The first-order valence-corrected chi connectivity index (χ1v) is 4.30. The Morgan fingerprint density at radius 1 is 1.38 bits per heavy atom. The molecule has 0 amide bonds. The highest BCUT2D eigenvalue weighted by Gasteiger charge is 2.37. The van der Waals surface area contributed by atoms with Crippen LogP contribution in [0.5, 0.6) is 5.75 Å². The summed E-state index contributed by atoms with van der Waals surface area (Å²) in [5.74, 6) is -1.89. The van der Waals surface area contributed by atoms with Crippen LogP contribution in [-0.2, 0) is 6.18 Å². The fourth-order valence-electron chi connectivity index (χ4n) is 1.14. The maximum atomic E-state index is 13.4. The van der Waals surface area contributed by atoms with Gasteiger partial charge in [-0.25, -0.2) is 4.39 Å². The second-order valence-electron chi connectivity index (χ2n) is 2.78. The van der Waals surface area contributed by atoms with Crippen molar-refractivity contribution >= 4 is 16.8 Å². The molecule has 7 heteroatoms. The smallest absolute Gasteiger partial charge is 0.417 e. The molecule has 0 atom stereocenters. The maximum absolute atomic E-state index is 13.4. The Morgan fingerprint density at radius 2 is 1.94 bits per heavy atom. The van der Waals surface area contributed by atoms with Gasteiger partial charge in [-0.3, -0.25) is 4.79 Å². The molecular formula is C9H5ClF4O2. The van der Waals surface area contributed by atoms with Gasteiger partial charge in [-0.2, -0.15) is 13.2 Å². The summed E-state index contributed by atoms with van der Waals surface area (Å²) in [6.07, 6.45) is -4.85. The number of carbonyl (C=O) groups is 1. The number of rotatable bonds is 2. The lowest BCUT2D eigenvalue weighted by Gasteiger charge is -2.12. The molecule has 0 fully saturated rings. The van der Waals surface area contributed by atoms with Gasteiger partial charge >= 0.3 is 6.18 Å². The zero-order valence-corrected chi connectivity index (χ0v) is 8.62. The molecule has 0 heterocycles. The van der Waals surface area contributed by atoms with Crippen molar-refractivity contribution in [3.05, 3.63) is 29.1 Å². The normalized spacial score (nSPS) is 11.4. The summed E-state index contributed by atoms with van der Waals surface area (Å²) in [6.45, 7) is 0. The average Bonchev–Trinajstić information content (AvgIpc) is 2.15. The quantitative estimate of drug-likeness (QED) is 0.600. The Kier molecular flexibility index (Phi) is 3.42. The van der Waals surface area contributed by atoms with Crippen molar-refractivity contribution in [2.45, 2.75) is 6.18 Å². The summed E-state index contributed by atoms with van der Waals surface area (Å²) in [7, 11) is 1.06. The van der Waals surface area contributed by atoms with Crippen molar-refractivity contribution in [1.29, 1.82) is 0 Å². The highest BCUT2D eigenvalue weighted by atomic mass is 35.5. The van der Waals surface area contributed by atoms with Crippen molar-refractivity contribution in [3.63, 3.8) is 0 Å². The standard InChI is InChI=1S/C9H5ClF4O2/c1-16-5-3-2-4(9(12,13)14)6(7(5)11)8(10)15/h2-3H,1H3. The van der Waals surface area contributed by atoms with Crippen LogP contribution in [0.4, 0.5) is 17.6 Å². The Hall–Kier alpha value is -1.30. The van der Waals surface area contributed by atoms with Crippen molar-refractivity contribution in [1.82, 2.24) is 0 Å². The van der Waals surface area contributed by atoms with E-state index in [1.165, 1.54) is 0 Å². The molecule has 0 unspecified atom stereocenters. The summed E-state index contributed by atoms with van der Waals surface area (Å²) in [5, 5.41) is -1.52. The molecule has 0 radical (unpaired) electrons. The van der Waals surface area contributed by atoms with Gasteiger partial charge in [0.15, 0.2) is 11.6 Å². The lowest BCUT2D eigenvalue weighted by molar-refractivity contribution is -0.138. The van der Waals surface area contributed by atoms with Gasteiger partial charge in [0.2, 0.25) is 0 Å². The lowest BCUT2D eigenvalue weighted by Crippen LogP contribution is -2.13. The van der Waals surface area contributed by atoms with E-state index in [0.717, 1.165) is 13.2 Å². The predicted molar refractivity (Wildman–Crippen MR) is 48.1 cm³/mol. The Balaban J connectivity index is 3.53. The Labute approximate surface area is 92.8 Å². The molecule has 0 aliphatic rings. The van der Waals surface area contributed by atoms with Gasteiger partial charge in [-0.05, 0) is 23.7 Å². The minimum Gasteiger partial charge on any atom is -0.494 e. The second-order valence-corrected chi connectivity index (χ2v) is 3.12. The number of alkyl halides is 3. The van der Waals surface area contributed by atoms with Crippen LogP contribution < -0.4 is 4.74 Å². The molecule has 0 saturated heterocycles. The van der Waals surface area contributed by atoms with E-state index in [-0.39, 0.29) is 0 Å². The largest absolute Gasteiger partial charge is 0.494 e. The first kappa shape index (κ1) is 12.8. The molecule has 0 aliphatic carbocycles. The van der Waals surface area contributed by atoms with Crippen LogP contribution in [0.2, 0.25) is 0 Å². The fraction of sp³-hybridized carbons (Fsp3) is 0.222. The van der Waals surface area contributed by atoms with E-state index in [0.29, 0.717) is 6.07 Å².